The highest BCUT2D eigenvalue weighted by atomic mass is 79.9. The largest absolute Gasteiger partial charge is 0.491 e. The van der Waals surface area contributed by atoms with Crippen molar-refractivity contribution in [1.82, 2.24) is 4.98 Å². The number of rotatable bonds is 3. The summed E-state index contributed by atoms with van der Waals surface area (Å²) in [5.74, 6) is 1.42. The van der Waals surface area contributed by atoms with Crippen LogP contribution in [0.3, 0.4) is 0 Å². The molecule has 0 aliphatic rings. The van der Waals surface area contributed by atoms with Gasteiger partial charge in [0.05, 0.1) is 6.10 Å². The second-order valence-electron chi connectivity index (χ2n) is 4.83. The van der Waals surface area contributed by atoms with Gasteiger partial charge in [0.2, 0.25) is 5.89 Å². The molecule has 0 atom stereocenters. The first-order chi connectivity index (χ1) is 9.61. The molecule has 1 aromatic heterocycles. The van der Waals surface area contributed by atoms with E-state index in [-0.39, 0.29) is 6.10 Å². The van der Waals surface area contributed by atoms with Crippen LogP contribution in [0, 0.1) is 0 Å². The average Bonchev–Trinajstić information content (AvgIpc) is 2.81. The number of hydrogen-bond acceptors (Lipinski definition) is 3. The summed E-state index contributed by atoms with van der Waals surface area (Å²) in [7, 11) is 0. The Morgan fingerprint density at radius 2 is 2.00 bits per heavy atom. The topological polar surface area (TPSA) is 35.3 Å². The van der Waals surface area contributed by atoms with Crippen LogP contribution in [0.2, 0.25) is 0 Å². The van der Waals surface area contributed by atoms with Crippen LogP contribution in [-0.4, -0.2) is 11.1 Å². The van der Waals surface area contributed by atoms with Gasteiger partial charge in [-0.05, 0) is 50.2 Å². The van der Waals surface area contributed by atoms with Crippen molar-refractivity contribution in [1.29, 1.82) is 0 Å². The molecule has 4 heteroatoms. The fourth-order valence-electron chi connectivity index (χ4n) is 2.00. The summed E-state index contributed by atoms with van der Waals surface area (Å²) in [4.78, 5) is 4.50. The van der Waals surface area contributed by atoms with Crippen molar-refractivity contribution in [3.8, 4) is 17.2 Å². The third-order valence-corrected chi connectivity index (χ3v) is 3.30. The summed E-state index contributed by atoms with van der Waals surface area (Å²) >= 11 is 3.43. The minimum Gasteiger partial charge on any atom is -0.491 e. The Morgan fingerprint density at radius 1 is 1.15 bits per heavy atom. The van der Waals surface area contributed by atoms with E-state index in [1.807, 2.05) is 56.3 Å². The fourth-order valence-corrected chi connectivity index (χ4v) is 2.34. The molecular weight excluding hydrogens is 318 g/mol. The molecule has 0 bridgehead atoms. The van der Waals surface area contributed by atoms with Gasteiger partial charge < -0.3 is 9.15 Å². The van der Waals surface area contributed by atoms with Gasteiger partial charge in [-0.15, -0.1) is 0 Å². The summed E-state index contributed by atoms with van der Waals surface area (Å²) in [6.45, 7) is 4.01. The molecule has 0 unspecified atom stereocenters. The molecular formula is C16H14BrNO2. The SMILES string of the molecule is CC(C)Oc1cccc(-c2nc3ccc(Br)cc3o2)c1. The van der Waals surface area contributed by atoms with E-state index >= 15 is 0 Å². The van der Waals surface area contributed by atoms with Crippen molar-refractivity contribution >= 4 is 27.0 Å². The van der Waals surface area contributed by atoms with E-state index in [1.54, 1.807) is 0 Å². The average molecular weight is 332 g/mol. The van der Waals surface area contributed by atoms with Crippen molar-refractivity contribution < 1.29 is 9.15 Å². The van der Waals surface area contributed by atoms with Crippen LogP contribution in [0.25, 0.3) is 22.6 Å². The predicted octanol–water partition coefficient (Wildman–Crippen LogP) is 5.04. The van der Waals surface area contributed by atoms with Crippen LogP contribution >= 0.6 is 15.9 Å². The highest BCUT2D eigenvalue weighted by molar-refractivity contribution is 9.10. The first-order valence-electron chi connectivity index (χ1n) is 6.45. The number of hydrogen-bond donors (Lipinski definition) is 0. The quantitative estimate of drug-likeness (QED) is 0.674. The maximum atomic E-state index is 5.80. The maximum absolute atomic E-state index is 5.80. The lowest BCUT2D eigenvalue weighted by atomic mass is 10.2. The van der Waals surface area contributed by atoms with Gasteiger partial charge in [0.1, 0.15) is 11.3 Å². The number of aromatic nitrogens is 1. The predicted molar refractivity (Wildman–Crippen MR) is 82.9 cm³/mol. The highest BCUT2D eigenvalue weighted by Gasteiger charge is 2.09. The van der Waals surface area contributed by atoms with Crippen LogP contribution < -0.4 is 4.74 Å². The maximum Gasteiger partial charge on any atom is 0.227 e. The summed E-state index contributed by atoms with van der Waals surface area (Å²) in [6, 6.07) is 13.6. The molecule has 2 aromatic carbocycles. The Morgan fingerprint density at radius 3 is 2.80 bits per heavy atom. The van der Waals surface area contributed by atoms with Crippen molar-refractivity contribution in [2.75, 3.05) is 0 Å². The van der Waals surface area contributed by atoms with Crippen molar-refractivity contribution in [2.24, 2.45) is 0 Å². The van der Waals surface area contributed by atoms with Gasteiger partial charge in [-0.1, -0.05) is 22.0 Å². The molecule has 20 heavy (non-hydrogen) atoms. The second-order valence-corrected chi connectivity index (χ2v) is 5.74. The molecule has 1 heterocycles. The minimum absolute atomic E-state index is 0.143. The molecule has 0 fully saturated rings. The smallest absolute Gasteiger partial charge is 0.227 e. The molecule has 102 valence electrons. The molecule has 3 rings (SSSR count). The van der Waals surface area contributed by atoms with E-state index in [0.717, 1.165) is 26.9 Å². The molecule has 0 spiro atoms. The van der Waals surface area contributed by atoms with Gasteiger partial charge in [-0.3, -0.25) is 0 Å². The van der Waals surface area contributed by atoms with Gasteiger partial charge in [0, 0.05) is 10.0 Å². The summed E-state index contributed by atoms with van der Waals surface area (Å²) in [5.41, 5.74) is 2.53. The van der Waals surface area contributed by atoms with E-state index in [2.05, 4.69) is 20.9 Å². The van der Waals surface area contributed by atoms with E-state index in [4.69, 9.17) is 9.15 Å². The minimum atomic E-state index is 0.143. The lowest BCUT2D eigenvalue weighted by molar-refractivity contribution is 0.242. The summed E-state index contributed by atoms with van der Waals surface area (Å²) in [5, 5.41) is 0. The Kier molecular flexibility index (Phi) is 3.49. The zero-order chi connectivity index (χ0) is 14.1. The summed E-state index contributed by atoms with van der Waals surface area (Å²) in [6.07, 6.45) is 0.143. The molecule has 0 amide bonds. The van der Waals surface area contributed by atoms with Crippen LogP contribution in [-0.2, 0) is 0 Å². The number of oxazole rings is 1. The van der Waals surface area contributed by atoms with Crippen molar-refractivity contribution in [2.45, 2.75) is 20.0 Å². The third kappa shape index (κ3) is 2.70. The molecule has 3 aromatic rings. The molecule has 0 aliphatic carbocycles. The molecule has 3 nitrogen and oxygen atoms in total. The Bertz CT molecular complexity index is 749. The van der Waals surface area contributed by atoms with Gasteiger partial charge >= 0.3 is 0 Å². The highest BCUT2D eigenvalue weighted by Crippen LogP contribution is 2.28. The normalized spacial score (nSPS) is 11.2. The summed E-state index contributed by atoms with van der Waals surface area (Å²) < 4.78 is 12.5. The van der Waals surface area contributed by atoms with Crippen LogP contribution in [0.15, 0.2) is 51.4 Å². The number of halogens is 1. The third-order valence-electron chi connectivity index (χ3n) is 2.80. The molecule has 0 radical (unpaired) electrons. The molecule has 0 saturated carbocycles. The van der Waals surface area contributed by atoms with Gasteiger partial charge in [0.25, 0.3) is 0 Å². The van der Waals surface area contributed by atoms with E-state index in [0.29, 0.717) is 5.89 Å². The van der Waals surface area contributed by atoms with Gasteiger partial charge in [-0.2, -0.15) is 0 Å². The van der Waals surface area contributed by atoms with Crippen molar-refractivity contribution in [3.05, 3.63) is 46.9 Å². The van der Waals surface area contributed by atoms with Crippen molar-refractivity contribution in [3.63, 3.8) is 0 Å². The zero-order valence-electron chi connectivity index (χ0n) is 11.3. The Labute approximate surface area is 125 Å². The van der Waals surface area contributed by atoms with E-state index in [9.17, 15) is 0 Å². The number of benzene rings is 2. The lowest BCUT2D eigenvalue weighted by Crippen LogP contribution is -2.05. The zero-order valence-corrected chi connectivity index (χ0v) is 12.8. The molecule has 0 aliphatic heterocycles. The van der Waals surface area contributed by atoms with E-state index in [1.165, 1.54) is 0 Å². The molecule has 0 N–H and O–H groups in total. The Balaban J connectivity index is 2.01. The number of nitrogens with zero attached hydrogens (tertiary/aromatic N) is 1. The van der Waals surface area contributed by atoms with E-state index < -0.39 is 0 Å². The van der Waals surface area contributed by atoms with Crippen LogP contribution in [0.1, 0.15) is 13.8 Å². The standard InChI is InChI=1S/C16H14BrNO2/c1-10(2)19-13-5-3-4-11(8-13)16-18-14-7-6-12(17)9-15(14)20-16/h3-10H,1-2H3. The van der Waals surface area contributed by atoms with Crippen LogP contribution in [0.4, 0.5) is 0 Å². The second kappa shape index (κ2) is 5.29. The fraction of sp³-hybridized carbons (Fsp3) is 0.188. The van der Waals surface area contributed by atoms with Gasteiger partial charge in [-0.25, -0.2) is 4.98 Å². The monoisotopic (exact) mass is 331 g/mol. The lowest BCUT2D eigenvalue weighted by Gasteiger charge is -2.09. The van der Waals surface area contributed by atoms with Crippen LogP contribution in [0.5, 0.6) is 5.75 Å². The van der Waals surface area contributed by atoms with Gasteiger partial charge in [0.15, 0.2) is 5.58 Å². The number of fused-ring (bicyclic) bond motifs is 1. The first kappa shape index (κ1) is 13.2. The molecule has 0 saturated heterocycles. The number of ether oxygens (including phenoxy) is 1. The first-order valence-corrected chi connectivity index (χ1v) is 7.24. The Hall–Kier alpha value is -1.81.